The van der Waals surface area contributed by atoms with Crippen LogP contribution in [0.2, 0.25) is 0 Å². The largest absolute Gasteiger partial charge is 0.481 e. The van der Waals surface area contributed by atoms with E-state index in [9.17, 15) is 0 Å². The Morgan fingerprint density at radius 1 is 0.309 bits per heavy atom. The molecule has 0 bridgehead atoms. The van der Waals surface area contributed by atoms with E-state index in [1.165, 1.54) is 308 Å². The number of benzene rings is 1. The van der Waals surface area contributed by atoms with Crippen molar-refractivity contribution < 1.29 is 18.3 Å². The van der Waals surface area contributed by atoms with Crippen molar-refractivity contribution in [2.75, 3.05) is 0 Å². The average Bonchev–Trinajstić information content (AvgIpc) is 1.58. The lowest BCUT2D eigenvalue weighted by Gasteiger charge is -2.38. The van der Waals surface area contributed by atoms with Gasteiger partial charge in [0, 0.05) is 33.0 Å². The first-order valence-electron chi connectivity index (χ1n) is 40.6. The molecule has 5 aromatic heterocycles. The minimum absolute atomic E-state index is 0.227. The van der Waals surface area contributed by atoms with Crippen molar-refractivity contribution in [2.24, 2.45) is 0 Å². The minimum atomic E-state index is -0.840. The predicted molar refractivity (Wildman–Crippen MR) is 432 cm³/mol. The van der Waals surface area contributed by atoms with Crippen LogP contribution < -0.4 is 9.47 Å². The van der Waals surface area contributed by atoms with Crippen molar-refractivity contribution >= 4 is 100.0 Å². The number of rotatable bonds is 58. The number of aromatic nitrogens is 2. The Balaban J connectivity index is 1.02. The summed E-state index contributed by atoms with van der Waals surface area (Å²) < 4.78 is 62.9. The van der Waals surface area contributed by atoms with Crippen LogP contribution in [0.3, 0.4) is 0 Å². The number of fused-ring (bicyclic) bond motifs is 7. The van der Waals surface area contributed by atoms with Gasteiger partial charge >= 0.3 is 0 Å². The lowest BCUT2D eigenvalue weighted by Crippen LogP contribution is -2.35. The van der Waals surface area contributed by atoms with Crippen molar-refractivity contribution in [3.63, 3.8) is 0 Å². The smallest absolute Gasteiger partial charge is 0.170 e. The zero-order valence-electron chi connectivity index (χ0n) is 61.2. The average molecular weight is 1560 g/mol. The number of hydrogen-bond donors (Lipinski definition) is 0. The van der Waals surface area contributed by atoms with Crippen LogP contribution in [-0.2, 0) is 11.2 Å². The van der Waals surface area contributed by atoms with Crippen molar-refractivity contribution in [3.05, 3.63) is 54.6 Å². The molecule has 1 aromatic carbocycles. The van der Waals surface area contributed by atoms with E-state index in [1.54, 1.807) is 45.3 Å². The maximum absolute atomic E-state index is 18.1. The summed E-state index contributed by atoms with van der Waals surface area (Å²) in [4.78, 5) is 5.80. The molecule has 0 fully saturated rings. The van der Waals surface area contributed by atoms with Gasteiger partial charge in [0.15, 0.2) is 11.6 Å². The molecule has 0 atom stereocenters. The summed E-state index contributed by atoms with van der Waals surface area (Å²) in [5.74, 6) is 0.146. The Bertz CT molecular complexity index is 2840. The molecule has 2 aliphatic heterocycles. The molecule has 0 aliphatic carbocycles. The van der Waals surface area contributed by atoms with Crippen LogP contribution in [-0.4, -0.2) is 8.75 Å². The molecule has 0 amide bonds. The lowest BCUT2D eigenvalue weighted by molar-refractivity contribution is 0.0395. The topological polar surface area (TPSA) is 44.2 Å². The summed E-state index contributed by atoms with van der Waals surface area (Å²) in [6.45, 7) is 9.19. The highest BCUT2D eigenvalue weighted by Crippen LogP contribution is 2.61. The SMILES string of the molecule is CCCCCCCCCCCCCCCC1(CCCCCCCCCCCCCCC)Oc2cc(Br)sc2-c2sc(-c3c(F)c(F)c(-c4cc5c(s4)-c4sc(Br)cc4OC5(CCCCCCCCCCCCCCC)CCCCCCCCCCCCCCC)c4nsnc34)cc21. The first-order chi connectivity index (χ1) is 47.7. The van der Waals surface area contributed by atoms with Crippen LogP contribution in [0.1, 0.15) is 398 Å². The fraction of sp³-hybridized carbons (Fsp3) is 0.738. The number of hydrogen-bond acceptors (Lipinski definition) is 9. The van der Waals surface area contributed by atoms with Gasteiger partial charge in [-0.25, -0.2) is 8.78 Å². The second kappa shape index (κ2) is 46.2. The molecule has 0 spiro atoms. The van der Waals surface area contributed by atoms with E-state index in [2.05, 4.69) is 83.8 Å². The molecule has 544 valence electrons. The molecular weight excluding hydrogens is 1430 g/mol. The van der Waals surface area contributed by atoms with Gasteiger partial charge in [-0.1, -0.05) is 336 Å². The van der Waals surface area contributed by atoms with Crippen LogP contribution in [0.5, 0.6) is 11.5 Å². The van der Waals surface area contributed by atoms with Crippen LogP contribution in [0.4, 0.5) is 8.78 Å². The van der Waals surface area contributed by atoms with Gasteiger partial charge in [-0.2, -0.15) is 8.75 Å². The Morgan fingerprint density at radius 3 is 0.773 bits per heavy atom. The van der Waals surface area contributed by atoms with Gasteiger partial charge in [0.2, 0.25) is 0 Å². The van der Waals surface area contributed by atoms with Crippen molar-refractivity contribution in [2.45, 2.75) is 398 Å². The second-order valence-corrected chi connectivity index (χ2v) is 37.2. The maximum Gasteiger partial charge on any atom is 0.170 e. The number of thiophene rings is 4. The highest BCUT2D eigenvalue weighted by molar-refractivity contribution is 9.11. The van der Waals surface area contributed by atoms with Crippen LogP contribution >= 0.6 is 88.9 Å². The van der Waals surface area contributed by atoms with E-state index in [0.29, 0.717) is 20.8 Å². The molecule has 8 rings (SSSR count). The van der Waals surface area contributed by atoms with Crippen molar-refractivity contribution in [1.82, 2.24) is 8.75 Å². The van der Waals surface area contributed by atoms with Crippen LogP contribution in [0.15, 0.2) is 31.8 Å². The first kappa shape index (κ1) is 80.9. The van der Waals surface area contributed by atoms with Gasteiger partial charge in [0.05, 0.1) is 49.9 Å². The molecule has 2 aliphatic rings. The molecule has 6 aromatic rings. The van der Waals surface area contributed by atoms with Gasteiger partial charge in [0.1, 0.15) is 33.7 Å². The Hall–Kier alpha value is -1.74. The molecule has 0 unspecified atom stereocenters. The Labute approximate surface area is 626 Å². The summed E-state index contributed by atoms with van der Waals surface area (Å²) in [7, 11) is 0. The number of nitrogens with zero attached hydrogens (tertiary/aromatic N) is 2. The molecule has 97 heavy (non-hydrogen) atoms. The van der Waals surface area contributed by atoms with Crippen molar-refractivity contribution in [1.29, 1.82) is 0 Å². The third-order valence-electron chi connectivity index (χ3n) is 21.6. The van der Waals surface area contributed by atoms with E-state index in [4.69, 9.17) is 18.2 Å². The predicted octanol–water partition coefficient (Wildman–Crippen LogP) is 33.5. The molecule has 4 nitrogen and oxygen atoms in total. The molecule has 0 saturated carbocycles. The van der Waals surface area contributed by atoms with Crippen LogP contribution in [0.25, 0.3) is 51.4 Å². The zero-order valence-corrected chi connectivity index (χ0v) is 68.4. The molecule has 13 heteroatoms. The summed E-state index contributed by atoms with van der Waals surface area (Å²) in [6, 6.07) is 8.69. The standard InChI is InChI=1S/C84H128Br2F2N2O2S5/c1-5-9-13-17-21-25-29-33-37-41-45-49-53-57-83(58-54-50-46-42-38-34-30-26-22-18-14-10-6-2)65-61-69(93-79(65)81-67(91-83)63-71(85)95-81)73-75(87)76(88)74(78-77(73)89-97-90-78)70-62-66-80(94-70)82-68(64-72(86)96-82)92-84(66,59-55-51-47-43-39-35-31-27-23-19-15-11-7-3)60-56-52-48-44-40-36-32-28-24-20-16-12-8-4/h61-64H,5-60H2,1-4H3. The first-order valence-corrected chi connectivity index (χ1v) is 46.2. The molecule has 0 saturated heterocycles. The van der Waals surface area contributed by atoms with Gasteiger partial charge in [-0.05, 0) is 95.4 Å². The fourth-order valence-corrected chi connectivity index (χ4v) is 22.3. The molecule has 0 radical (unpaired) electrons. The van der Waals surface area contributed by atoms with Gasteiger partial charge in [-0.15, -0.1) is 45.3 Å². The maximum atomic E-state index is 18.1. The summed E-state index contributed by atoms with van der Waals surface area (Å²) >= 11 is 15.3. The summed E-state index contributed by atoms with van der Waals surface area (Å²) in [6.07, 6.45) is 71.6. The highest BCUT2D eigenvalue weighted by atomic mass is 79.9. The highest BCUT2D eigenvalue weighted by Gasteiger charge is 2.45. The zero-order chi connectivity index (χ0) is 68.2. The Morgan fingerprint density at radius 2 is 0.536 bits per heavy atom. The van der Waals surface area contributed by atoms with E-state index < -0.39 is 22.8 Å². The van der Waals surface area contributed by atoms with Gasteiger partial charge in [-0.3, -0.25) is 0 Å². The van der Waals surface area contributed by atoms with Gasteiger partial charge < -0.3 is 9.47 Å². The fourth-order valence-electron chi connectivity index (χ4n) is 15.8. The molecular formula is C84H128Br2F2N2O2S5. The van der Waals surface area contributed by atoms with E-state index in [0.717, 1.165) is 113 Å². The van der Waals surface area contributed by atoms with E-state index in [1.807, 2.05) is 0 Å². The lowest BCUT2D eigenvalue weighted by atomic mass is 9.81. The quantitative estimate of drug-likeness (QED) is 0.0357. The molecule has 0 N–H and O–H groups in total. The number of halogens is 4. The number of unbranched alkanes of at least 4 members (excludes halogenated alkanes) is 48. The van der Waals surface area contributed by atoms with Crippen molar-refractivity contribution in [3.8, 4) is 51.9 Å². The molecule has 7 heterocycles. The minimum Gasteiger partial charge on any atom is -0.481 e. The summed E-state index contributed by atoms with van der Waals surface area (Å²) in [5.41, 5.74) is 2.48. The van der Waals surface area contributed by atoms with Crippen LogP contribution in [0, 0.1) is 11.6 Å². The van der Waals surface area contributed by atoms with E-state index in [-0.39, 0.29) is 11.1 Å². The summed E-state index contributed by atoms with van der Waals surface area (Å²) in [5, 5.41) is 0. The monoisotopic (exact) mass is 1550 g/mol. The normalized spacial score (nSPS) is 13.7. The van der Waals surface area contributed by atoms with Gasteiger partial charge in [0.25, 0.3) is 0 Å². The third kappa shape index (κ3) is 25.2. The second-order valence-electron chi connectivity index (χ2n) is 29.7. The van der Waals surface area contributed by atoms with E-state index >= 15 is 8.78 Å². The Kier molecular flexibility index (Phi) is 38.5. The third-order valence-corrected chi connectivity index (χ3v) is 28.0. The number of ether oxygens (including phenoxy) is 2.